The zero-order valence-electron chi connectivity index (χ0n) is 10.4. The van der Waals surface area contributed by atoms with Crippen molar-refractivity contribution in [1.29, 1.82) is 0 Å². The molecule has 1 fully saturated rings. The summed E-state index contributed by atoms with van der Waals surface area (Å²) < 4.78 is 13.3. The van der Waals surface area contributed by atoms with E-state index in [0.29, 0.717) is 0 Å². The second-order valence-corrected chi connectivity index (χ2v) is 6.24. The van der Waals surface area contributed by atoms with E-state index in [9.17, 15) is 4.79 Å². The van der Waals surface area contributed by atoms with Crippen molar-refractivity contribution in [3.05, 3.63) is 28.7 Å². The van der Waals surface area contributed by atoms with Crippen LogP contribution in [0.2, 0.25) is 0 Å². The molecule has 1 aliphatic rings. The zero-order valence-corrected chi connectivity index (χ0v) is 12.5. The third kappa shape index (κ3) is 2.30. The fourth-order valence-corrected chi connectivity index (χ4v) is 2.08. The molecule has 0 atom stereocenters. The van der Waals surface area contributed by atoms with Crippen molar-refractivity contribution in [2.24, 2.45) is 0 Å². The van der Waals surface area contributed by atoms with Gasteiger partial charge in [-0.05, 0) is 33.2 Å². The van der Waals surface area contributed by atoms with Crippen LogP contribution in [-0.4, -0.2) is 21.1 Å². The van der Waals surface area contributed by atoms with Crippen molar-refractivity contribution in [2.45, 2.75) is 38.9 Å². The van der Waals surface area contributed by atoms with Crippen LogP contribution in [0.15, 0.2) is 23.1 Å². The number of halogens is 1. The van der Waals surface area contributed by atoms with Gasteiger partial charge in [0.05, 0.1) is 34.1 Å². The molecular formula is C11H15BINO3. The van der Waals surface area contributed by atoms with Crippen LogP contribution in [0.4, 0.5) is 0 Å². The van der Waals surface area contributed by atoms with Gasteiger partial charge in [-0.1, -0.05) is 6.07 Å². The summed E-state index contributed by atoms with van der Waals surface area (Å²) in [4.78, 5) is 11.3. The summed E-state index contributed by atoms with van der Waals surface area (Å²) in [7, 11) is -0.415. The third-order valence-corrected chi connectivity index (χ3v) is 4.17. The fourth-order valence-electron chi connectivity index (χ4n) is 1.59. The van der Waals surface area contributed by atoms with Crippen molar-refractivity contribution < 1.29 is 9.31 Å². The molecule has 0 radical (unpaired) electrons. The predicted molar refractivity (Wildman–Crippen MR) is 75.8 cm³/mol. The molecule has 0 aliphatic carbocycles. The van der Waals surface area contributed by atoms with Gasteiger partial charge in [-0.2, -0.15) is 0 Å². The predicted octanol–water partition coefficient (Wildman–Crippen LogP) is 1.35. The second-order valence-electron chi connectivity index (χ2n) is 5.20. The Labute approximate surface area is 115 Å². The quantitative estimate of drug-likeness (QED) is 0.569. The molecule has 2 heterocycles. The first-order chi connectivity index (χ1) is 7.73. The molecule has 0 N–H and O–H groups in total. The lowest BCUT2D eigenvalue weighted by molar-refractivity contribution is 0.00578. The highest BCUT2D eigenvalue weighted by Crippen LogP contribution is 2.36. The number of pyridine rings is 1. The molecule has 0 spiro atoms. The molecule has 1 aromatic rings. The lowest BCUT2D eigenvalue weighted by Gasteiger charge is -2.32. The van der Waals surface area contributed by atoms with Crippen molar-refractivity contribution in [2.75, 3.05) is 0 Å². The molecule has 0 unspecified atom stereocenters. The summed E-state index contributed by atoms with van der Waals surface area (Å²) in [5, 5.41) is 0. The van der Waals surface area contributed by atoms with E-state index >= 15 is 0 Å². The summed E-state index contributed by atoms with van der Waals surface area (Å²) in [6.07, 6.45) is 1.74. The molecule has 92 valence electrons. The highest BCUT2D eigenvalue weighted by molar-refractivity contribution is 14.1. The van der Waals surface area contributed by atoms with Gasteiger partial charge in [-0.3, -0.25) is 7.58 Å². The first-order valence-electron chi connectivity index (χ1n) is 5.47. The van der Waals surface area contributed by atoms with E-state index < -0.39 is 7.12 Å². The Morgan fingerprint density at radius 3 is 2.18 bits per heavy atom. The Morgan fingerprint density at radius 2 is 1.71 bits per heavy atom. The standard InChI is InChI=1S/C11H15BINO3/c1-10(2)11(3,4)17-12(16-10)8-5-6-9(15)14(13)7-8/h5-7H,1-4H3. The molecule has 0 amide bonds. The number of aromatic nitrogens is 1. The van der Waals surface area contributed by atoms with Gasteiger partial charge in [-0.25, -0.2) is 0 Å². The molecular weight excluding hydrogens is 332 g/mol. The molecule has 17 heavy (non-hydrogen) atoms. The minimum absolute atomic E-state index is 0.0501. The third-order valence-electron chi connectivity index (χ3n) is 3.42. The van der Waals surface area contributed by atoms with Gasteiger partial charge in [0.25, 0.3) is 5.56 Å². The van der Waals surface area contributed by atoms with Crippen LogP contribution >= 0.6 is 22.9 Å². The molecule has 0 aromatic carbocycles. The molecule has 1 aliphatic heterocycles. The summed E-state index contributed by atoms with van der Waals surface area (Å²) in [6, 6.07) is 3.27. The smallest absolute Gasteiger partial charge is 0.399 e. The highest BCUT2D eigenvalue weighted by Gasteiger charge is 2.51. The molecule has 1 aromatic heterocycles. The normalized spacial score (nSPS) is 21.8. The van der Waals surface area contributed by atoms with E-state index in [1.54, 1.807) is 12.3 Å². The first-order valence-corrected chi connectivity index (χ1v) is 6.44. The van der Waals surface area contributed by atoms with Crippen LogP contribution < -0.4 is 11.0 Å². The van der Waals surface area contributed by atoms with Gasteiger partial charge < -0.3 is 9.31 Å². The molecule has 1 saturated heterocycles. The second kappa shape index (κ2) is 4.10. The number of nitrogens with zero attached hydrogens (tertiary/aromatic N) is 1. The zero-order chi connectivity index (χ0) is 12.8. The summed E-state index contributed by atoms with van der Waals surface area (Å²) in [5.41, 5.74) is 0.0943. The van der Waals surface area contributed by atoms with Crippen molar-refractivity contribution in [3.8, 4) is 0 Å². The number of rotatable bonds is 1. The molecule has 0 saturated carbocycles. The van der Waals surface area contributed by atoms with Crippen LogP contribution in [0, 0.1) is 0 Å². The van der Waals surface area contributed by atoms with Gasteiger partial charge in [0.2, 0.25) is 0 Å². The largest absolute Gasteiger partial charge is 0.496 e. The van der Waals surface area contributed by atoms with Crippen molar-refractivity contribution in [3.63, 3.8) is 0 Å². The molecule has 0 bridgehead atoms. The fraction of sp³-hybridized carbons (Fsp3) is 0.545. The summed E-state index contributed by atoms with van der Waals surface area (Å²) >= 11 is 1.95. The lowest BCUT2D eigenvalue weighted by Crippen LogP contribution is -2.41. The maximum absolute atomic E-state index is 11.3. The van der Waals surface area contributed by atoms with Crippen molar-refractivity contribution in [1.82, 2.24) is 2.78 Å². The Kier molecular flexibility index (Phi) is 3.16. The minimum atomic E-state index is -0.415. The monoisotopic (exact) mass is 347 g/mol. The SMILES string of the molecule is CC1(C)OB(c2ccc(=O)n(I)c2)OC1(C)C. The van der Waals surface area contributed by atoms with Crippen LogP contribution in [0.1, 0.15) is 27.7 Å². The number of hydrogen-bond acceptors (Lipinski definition) is 3. The number of hydrogen-bond donors (Lipinski definition) is 0. The summed E-state index contributed by atoms with van der Waals surface area (Å²) in [6.45, 7) is 8.03. The van der Waals surface area contributed by atoms with Crippen LogP contribution in [0.3, 0.4) is 0 Å². The van der Waals surface area contributed by atoms with Gasteiger partial charge in [0.15, 0.2) is 0 Å². The van der Waals surface area contributed by atoms with E-state index in [0.717, 1.165) is 5.46 Å². The van der Waals surface area contributed by atoms with E-state index in [2.05, 4.69) is 0 Å². The van der Waals surface area contributed by atoms with E-state index in [1.165, 1.54) is 8.85 Å². The average Bonchev–Trinajstić information content (AvgIpc) is 2.41. The average molecular weight is 347 g/mol. The molecule has 6 heteroatoms. The van der Waals surface area contributed by atoms with Crippen LogP contribution in [0.5, 0.6) is 0 Å². The van der Waals surface area contributed by atoms with Gasteiger partial charge in [0.1, 0.15) is 0 Å². The van der Waals surface area contributed by atoms with Gasteiger partial charge >= 0.3 is 7.12 Å². The van der Waals surface area contributed by atoms with E-state index in [-0.39, 0.29) is 16.8 Å². The van der Waals surface area contributed by atoms with Crippen molar-refractivity contribution >= 4 is 35.4 Å². The Bertz CT molecular complexity index is 482. The maximum atomic E-state index is 11.3. The first kappa shape index (κ1) is 13.1. The Balaban J connectivity index is 2.32. The van der Waals surface area contributed by atoms with E-state index in [4.69, 9.17) is 9.31 Å². The van der Waals surface area contributed by atoms with Gasteiger partial charge in [-0.15, -0.1) is 0 Å². The van der Waals surface area contributed by atoms with E-state index in [1.807, 2.05) is 50.6 Å². The lowest BCUT2D eigenvalue weighted by atomic mass is 9.80. The minimum Gasteiger partial charge on any atom is -0.399 e. The van der Waals surface area contributed by atoms with Gasteiger partial charge in [0, 0.05) is 12.3 Å². The Morgan fingerprint density at radius 1 is 1.18 bits per heavy atom. The molecule has 4 nitrogen and oxygen atoms in total. The maximum Gasteiger partial charge on any atom is 0.496 e. The Hall–Kier alpha value is -0.335. The molecule has 2 rings (SSSR count). The topological polar surface area (TPSA) is 40.5 Å². The highest BCUT2D eigenvalue weighted by atomic mass is 127. The van der Waals surface area contributed by atoms with Crippen LogP contribution in [0.25, 0.3) is 0 Å². The summed E-state index contributed by atoms with van der Waals surface area (Å²) in [5.74, 6) is 0. The van der Waals surface area contributed by atoms with Crippen LogP contribution in [-0.2, 0) is 9.31 Å².